The number of aromatic nitrogens is 2. The number of hydrogen-bond donors (Lipinski definition) is 1. The first-order valence-corrected chi connectivity index (χ1v) is 8.51. The van der Waals surface area contributed by atoms with Crippen LogP contribution in [0.3, 0.4) is 0 Å². The third kappa shape index (κ3) is 2.82. The fourth-order valence-corrected chi connectivity index (χ4v) is 4.15. The lowest BCUT2D eigenvalue weighted by Gasteiger charge is -2.10. The molecule has 2 aliphatic rings. The summed E-state index contributed by atoms with van der Waals surface area (Å²) in [6.45, 7) is 0. The van der Waals surface area contributed by atoms with Gasteiger partial charge in [0.05, 0.1) is 15.9 Å². The van der Waals surface area contributed by atoms with Crippen molar-refractivity contribution < 1.29 is 0 Å². The van der Waals surface area contributed by atoms with Crippen molar-refractivity contribution in [3.8, 4) is 0 Å². The molecule has 2 N–H and O–H groups in total. The molecule has 0 spiro atoms. The van der Waals surface area contributed by atoms with Crippen molar-refractivity contribution in [3.63, 3.8) is 0 Å². The smallest absolute Gasteiger partial charge is 0.141 e. The van der Waals surface area contributed by atoms with Crippen LogP contribution >= 0.6 is 27.7 Å². The maximum absolute atomic E-state index is 5.96. The van der Waals surface area contributed by atoms with Gasteiger partial charge < -0.3 is 5.73 Å². The minimum atomic E-state index is 0.605. The highest BCUT2D eigenvalue weighted by Gasteiger charge is 2.29. The van der Waals surface area contributed by atoms with Gasteiger partial charge in [-0.05, 0) is 41.6 Å². The molecule has 1 aromatic rings. The molecular weight excluding hydrogens is 310 g/mol. The van der Waals surface area contributed by atoms with Gasteiger partial charge in [-0.1, -0.05) is 12.8 Å². The van der Waals surface area contributed by atoms with Gasteiger partial charge in [-0.15, -0.1) is 0 Å². The fraction of sp³-hybridized carbons (Fsp3) is 0.692. The number of anilines is 1. The van der Waals surface area contributed by atoms with E-state index in [9.17, 15) is 0 Å². The van der Waals surface area contributed by atoms with Crippen molar-refractivity contribution in [2.24, 2.45) is 0 Å². The molecule has 0 unspecified atom stereocenters. The van der Waals surface area contributed by atoms with Crippen LogP contribution in [0.4, 0.5) is 5.82 Å². The van der Waals surface area contributed by atoms with Crippen LogP contribution in [0.2, 0.25) is 0 Å². The first-order valence-electron chi connectivity index (χ1n) is 6.67. The van der Waals surface area contributed by atoms with E-state index >= 15 is 0 Å². The minimum absolute atomic E-state index is 0.605. The number of thioether (sulfide) groups is 1. The van der Waals surface area contributed by atoms with Crippen LogP contribution in [-0.4, -0.2) is 15.2 Å². The van der Waals surface area contributed by atoms with Gasteiger partial charge in [0.25, 0.3) is 0 Å². The van der Waals surface area contributed by atoms with Gasteiger partial charge in [0.1, 0.15) is 11.6 Å². The lowest BCUT2D eigenvalue weighted by Crippen LogP contribution is -2.05. The topological polar surface area (TPSA) is 51.8 Å². The van der Waals surface area contributed by atoms with Crippen LogP contribution in [0.1, 0.15) is 56.0 Å². The Morgan fingerprint density at radius 3 is 2.56 bits per heavy atom. The van der Waals surface area contributed by atoms with Crippen molar-refractivity contribution in [1.29, 1.82) is 0 Å². The number of halogens is 1. The van der Waals surface area contributed by atoms with Crippen LogP contribution in [0, 0.1) is 0 Å². The molecule has 0 saturated heterocycles. The standard InChI is InChI=1S/C13H18BrN3S/c14-11-12(8-5-6-8)16-10(17-13(11)15)7-18-9-3-1-2-4-9/h8-9H,1-7H2,(H2,15,16,17). The second kappa shape index (κ2) is 5.37. The number of nitrogens with two attached hydrogens (primary N) is 1. The molecule has 5 heteroatoms. The Morgan fingerprint density at radius 1 is 1.17 bits per heavy atom. The molecule has 0 atom stereocenters. The predicted molar refractivity (Wildman–Crippen MR) is 79.7 cm³/mol. The number of nitrogens with zero attached hydrogens (tertiary/aromatic N) is 2. The summed E-state index contributed by atoms with van der Waals surface area (Å²) >= 11 is 5.51. The summed E-state index contributed by atoms with van der Waals surface area (Å²) in [4.78, 5) is 9.10. The van der Waals surface area contributed by atoms with Gasteiger partial charge >= 0.3 is 0 Å². The summed E-state index contributed by atoms with van der Waals surface area (Å²) in [6, 6.07) is 0. The summed E-state index contributed by atoms with van der Waals surface area (Å²) in [5.74, 6) is 3.03. The Labute approximate surface area is 120 Å². The van der Waals surface area contributed by atoms with Crippen LogP contribution in [-0.2, 0) is 5.75 Å². The minimum Gasteiger partial charge on any atom is -0.383 e. The van der Waals surface area contributed by atoms with Gasteiger partial charge in [-0.3, -0.25) is 0 Å². The zero-order valence-electron chi connectivity index (χ0n) is 10.4. The number of rotatable bonds is 4. The van der Waals surface area contributed by atoms with Crippen LogP contribution in [0.15, 0.2) is 4.47 Å². The van der Waals surface area contributed by atoms with Crippen molar-refractivity contribution in [3.05, 3.63) is 16.0 Å². The van der Waals surface area contributed by atoms with Crippen LogP contribution in [0.25, 0.3) is 0 Å². The second-order valence-corrected chi connectivity index (χ2v) is 7.30. The third-order valence-corrected chi connectivity index (χ3v) is 5.84. The van der Waals surface area contributed by atoms with E-state index in [-0.39, 0.29) is 0 Å². The van der Waals surface area contributed by atoms with Gasteiger partial charge in [-0.25, -0.2) is 9.97 Å². The summed E-state index contributed by atoms with van der Waals surface area (Å²) in [7, 11) is 0. The van der Waals surface area contributed by atoms with E-state index in [2.05, 4.69) is 20.9 Å². The molecule has 1 heterocycles. The molecule has 18 heavy (non-hydrogen) atoms. The summed E-state index contributed by atoms with van der Waals surface area (Å²) < 4.78 is 0.916. The van der Waals surface area contributed by atoms with E-state index in [1.807, 2.05) is 11.8 Å². The quantitative estimate of drug-likeness (QED) is 0.911. The number of hydrogen-bond acceptors (Lipinski definition) is 4. The van der Waals surface area contributed by atoms with E-state index in [1.54, 1.807) is 0 Å². The lowest BCUT2D eigenvalue weighted by atomic mass is 10.3. The highest BCUT2D eigenvalue weighted by atomic mass is 79.9. The summed E-state index contributed by atoms with van der Waals surface area (Å²) in [6.07, 6.45) is 7.95. The molecule has 2 fully saturated rings. The second-order valence-electron chi connectivity index (χ2n) is 5.22. The summed E-state index contributed by atoms with van der Waals surface area (Å²) in [5.41, 5.74) is 7.09. The fourth-order valence-electron chi connectivity index (χ4n) is 2.47. The molecule has 3 nitrogen and oxygen atoms in total. The molecule has 0 amide bonds. The zero-order valence-corrected chi connectivity index (χ0v) is 12.8. The van der Waals surface area contributed by atoms with Crippen molar-refractivity contribution in [2.75, 3.05) is 5.73 Å². The SMILES string of the molecule is Nc1nc(CSC2CCCC2)nc(C2CC2)c1Br. The Bertz CT molecular complexity index is 442. The van der Waals surface area contributed by atoms with Gasteiger partial charge in [0, 0.05) is 11.2 Å². The Hall–Kier alpha value is -0.290. The van der Waals surface area contributed by atoms with E-state index in [0.717, 1.165) is 27.0 Å². The first kappa shape index (κ1) is 12.7. The molecule has 0 aromatic carbocycles. The Kier molecular flexibility index (Phi) is 3.80. The molecule has 0 radical (unpaired) electrons. The predicted octanol–water partition coefficient (Wildman–Crippen LogP) is 3.87. The van der Waals surface area contributed by atoms with Crippen molar-refractivity contribution >= 4 is 33.5 Å². The monoisotopic (exact) mass is 327 g/mol. The van der Waals surface area contributed by atoms with E-state index in [4.69, 9.17) is 10.7 Å². The van der Waals surface area contributed by atoms with E-state index in [0.29, 0.717) is 11.7 Å². The maximum atomic E-state index is 5.96. The lowest BCUT2D eigenvalue weighted by molar-refractivity contribution is 0.886. The molecule has 0 bridgehead atoms. The van der Waals surface area contributed by atoms with Gasteiger partial charge in [0.15, 0.2) is 0 Å². The highest BCUT2D eigenvalue weighted by molar-refractivity contribution is 9.10. The molecule has 2 saturated carbocycles. The van der Waals surface area contributed by atoms with Crippen LogP contribution < -0.4 is 5.73 Å². The van der Waals surface area contributed by atoms with Crippen molar-refractivity contribution in [1.82, 2.24) is 9.97 Å². The average molecular weight is 328 g/mol. The Morgan fingerprint density at radius 2 is 1.89 bits per heavy atom. The summed E-state index contributed by atoms with van der Waals surface area (Å²) in [5, 5.41) is 0.808. The zero-order chi connectivity index (χ0) is 12.5. The average Bonchev–Trinajstić information content (AvgIpc) is 3.07. The molecule has 1 aromatic heterocycles. The largest absolute Gasteiger partial charge is 0.383 e. The van der Waals surface area contributed by atoms with Crippen LogP contribution in [0.5, 0.6) is 0 Å². The third-order valence-electron chi connectivity index (χ3n) is 3.66. The molecule has 0 aliphatic heterocycles. The first-order chi connectivity index (χ1) is 8.74. The molecule has 3 rings (SSSR count). The Balaban J connectivity index is 1.71. The molecule has 2 aliphatic carbocycles. The van der Waals surface area contributed by atoms with E-state index in [1.165, 1.54) is 38.5 Å². The highest BCUT2D eigenvalue weighted by Crippen LogP contribution is 2.43. The normalized spacial score (nSPS) is 20.5. The number of nitrogen functional groups attached to an aromatic ring is 1. The molecular formula is C13H18BrN3S. The van der Waals surface area contributed by atoms with Gasteiger partial charge in [0.2, 0.25) is 0 Å². The van der Waals surface area contributed by atoms with Gasteiger partial charge in [-0.2, -0.15) is 11.8 Å². The maximum Gasteiger partial charge on any atom is 0.141 e. The van der Waals surface area contributed by atoms with Crippen molar-refractivity contribution in [2.45, 2.75) is 55.4 Å². The molecule has 98 valence electrons. The van der Waals surface area contributed by atoms with E-state index < -0.39 is 0 Å².